The standard InChI is InChI=1S/C19H26INO3/c1-14(19(24-2)15-8-10-16(20)11-9-15)5-3-7-18(23)21-12-4-6-17(21)13-22/h3,5,8-11,14,17,19,22H,4,6-7,12-13H2,1-2H3/b5-3+/t14-,17+,19+/m1/s1. The third kappa shape index (κ3) is 5.04. The number of hydrogen-bond donors (Lipinski definition) is 1. The van der Waals surface area contributed by atoms with Crippen molar-refractivity contribution in [2.24, 2.45) is 5.92 Å². The molecule has 0 saturated carbocycles. The summed E-state index contributed by atoms with van der Waals surface area (Å²) in [5, 5.41) is 9.32. The SMILES string of the molecule is CO[C@H](c1ccc(I)cc1)[C@H](C)/C=C/CC(=O)N1CCC[C@H]1CO. The molecule has 3 atom stereocenters. The minimum Gasteiger partial charge on any atom is -0.394 e. The number of nitrogens with zero attached hydrogens (tertiary/aromatic N) is 1. The molecule has 5 heteroatoms. The number of methoxy groups -OCH3 is 1. The van der Waals surface area contributed by atoms with Crippen molar-refractivity contribution < 1.29 is 14.6 Å². The topological polar surface area (TPSA) is 49.8 Å². The summed E-state index contributed by atoms with van der Waals surface area (Å²) < 4.78 is 6.85. The van der Waals surface area contributed by atoms with Crippen molar-refractivity contribution in [2.45, 2.75) is 38.3 Å². The zero-order valence-electron chi connectivity index (χ0n) is 14.3. The number of benzene rings is 1. The molecule has 1 fully saturated rings. The van der Waals surface area contributed by atoms with Crippen LogP contribution in [0.2, 0.25) is 0 Å². The number of hydrogen-bond acceptors (Lipinski definition) is 3. The van der Waals surface area contributed by atoms with E-state index in [1.54, 1.807) is 7.11 Å². The Balaban J connectivity index is 1.92. The minimum atomic E-state index is -0.0228. The number of rotatable bonds is 7. The summed E-state index contributed by atoms with van der Waals surface area (Å²) >= 11 is 2.29. The van der Waals surface area contributed by atoms with Crippen molar-refractivity contribution in [1.29, 1.82) is 0 Å². The maximum absolute atomic E-state index is 12.3. The van der Waals surface area contributed by atoms with Gasteiger partial charge in [0.2, 0.25) is 5.91 Å². The number of aliphatic hydroxyl groups excluding tert-OH is 1. The number of likely N-dealkylation sites (tertiary alicyclic amines) is 1. The fourth-order valence-corrected chi connectivity index (χ4v) is 3.62. The molecule has 24 heavy (non-hydrogen) atoms. The molecule has 0 unspecified atom stereocenters. The van der Waals surface area contributed by atoms with Gasteiger partial charge >= 0.3 is 0 Å². The molecule has 1 heterocycles. The lowest BCUT2D eigenvalue weighted by Crippen LogP contribution is -2.37. The molecule has 0 bridgehead atoms. The van der Waals surface area contributed by atoms with Crippen LogP contribution in [0.5, 0.6) is 0 Å². The van der Waals surface area contributed by atoms with Crippen LogP contribution in [0.1, 0.15) is 37.9 Å². The van der Waals surface area contributed by atoms with E-state index in [9.17, 15) is 9.90 Å². The van der Waals surface area contributed by atoms with Gasteiger partial charge in [-0.05, 0) is 53.1 Å². The van der Waals surface area contributed by atoms with E-state index in [1.165, 1.54) is 3.57 Å². The van der Waals surface area contributed by atoms with Gasteiger partial charge < -0.3 is 14.7 Å². The van der Waals surface area contributed by atoms with Gasteiger partial charge in [0.15, 0.2) is 0 Å². The molecule has 0 spiro atoms. The quantitative estimate of drug-likeness (QED) is 0.518. The molecule has 1 N–H and O–H groups in total. The molecule has 1 aliphatic heterocycles. The Labute approximate surface area is 158 Å². The second-order valence-electron chi connectivity index (χ2n) is 6.27. The highest BCUT2D eigenvalue weighted by molar-refractivity contribution is 14.1. The van der Waals surface area contributed by atoms with Crippen LogP contribution in [0.15, 0.2) is 36.4 Å². The predicted octanol–water partition coefficient (Wildman–Crippen LogP) is 3.54. The third-order valence-corrected chi connectivity index (χ3v) is 5.29. The number of carbonyl (C=O) groups excluding carboxylic acids is 1. The molecule has 0 aliphatic carbocycles. The first-order valence-corrected chi connectivity index (χ1v) is 9.50. The van der Waals surface area contributed by atoms with E-state index in [-0.39, 0.29) is 30.6 Å². The van der Waals surface area contributed by atoms with Crippen LogP contribution < -0.4 is 0 Å². The Morgan fingerprint density at radius 1 is 1.46 bits per heavy atom. The van der Waals surface area contributed by atoms with E-state index < -0.39 is 0 Å². The van der Waals surface area contributed by atoms with Crippen molar-refractivity contribution in [2.75, 3.05) is 20.3 Å². The first kappa shape index (κ1) is 19.4. The molecule has 4 nitrogen and oxygen atoms in total. The summed E-state index contributed by atoms with van der Waals surface area (Å²) in [6.07, 6.45) is 6.22. The molecule has 1 aliphatic rings. The Bertz CT molecular complexity index is 558. The normalized spacial score (nSPS) is 20.5. The summed E-state index contributed by atoms with van der Waals surface area (Å²) in [6.45, 7) is 2.92. The summed E-state index contributed by atoms with van der Waals surface area (Å²) in [5.41, 5.74) is 1.14. The van der Waals surface area contributed by atoms with Gasteiger partial charge in [-0.2, -0.15) is 0 Å². The molecule has 1 amide bonds. The Kier molecular flexibility index (Phi) is 7.71. The largest absolute Gasteiger partial charge is 0.394 e. The van der Waals surface area contributed by atoms with Crippen LogP contribution in [0, 0.1) is 9.49 Å². The van der Waals surface area contributed by atoms with Gasteiger partial charge in [0.1, 0.15) is 0 Å². The van der Waals surface area contributed by atoms with Gasteiger partial charge in [0, 0.05) is 29.6 Å². The van der Waals surface area contributed by atoms with Gasteiger partial charge in [-0.15, -0.1) is 0 Å². The third-order valence-electron chi connectivity index (χ3n) is 4.57. The molecule has 2 rings (SSSR count). The predicted molar refractivity (Wildman–Crippen MR) is 104 cm³/mol. The molecule has 1 aromatic rings. The van der Waals surface area contributed by atoms with E-state index in [4.69, 9.17) is 4.74 Å². The average molecular weight is 443 g/mol. The van der Waals surface area contributed by atoms with E-state index in [0.29, 0.717) is 6.42 Å². The number of aliphatic hydroxyl groups is 1. The maximum atomic E-state index is 12.3. The Morgan fingerprint density at radius 2 is 2.17 bits per heavy atom. The van der Waals surface area contributed by atoms with E-state index in [1.807, 2.05) is 17.1 Å². The van der Waals surface area contributed by atoms with Crippen LogP contribution in [-0.4, -0.2) is 42.2 Å². The number of ether oxygens (including phenoxy) is 1. The molecule has 0 aromatic heterocycles. The lowest BCUT2D eigenvalue weighted by molar-refractivity contribution is -0.131. The summed E-state index contributed by atoms with van der Waals surface area (Å²) in [7, 11) is 1.72. The smallest absolute Gasteiger partial charge is 0.226 e. The van der Waals surface area contributed by atoms with Gasteiger partial charge in [-0.1, -0.05) is 31.2 Å². The van der Waals surface area contributed by atoms with Crippen molar-refractivity contribution in [3.05, 3.63) is 45.6 Å². The van der Waals surface area contributed by atoms with Gasteiger partial charge in [-0.25, -0.2) is 0 Å². The van der Waals surface area contributed by atoms with Crippen molar-refractivity contribution >= 4 is 28.5 Å². The Morgan fingerprint density at radius 3 is 2.79 bits per heavy atom. The van der Waals surface area contributed by atoms with Crippen LogP contribution in [0.3, 0.4) is 0 Å². The van der Waals surface area contributed by atoms with E-state index in [0.717, 1.165) is 24.9 Å². The molecule has 1 saturated heterocycles. The van der Waals surface area contributed by atoms with Crippen molar-refractivity contribution in [3.8, 4) is 0 Å². The lowest BCUT2D eigenvalue weighted by Gasteiger charge is -2.23. The first-order chi connectivity index (χ1) is 11.6. The highest BCUT2D eigenvalue weighted by atomic mass is 127. The van der Waals surface area contributed by atoms with Crippen LogP contribution in [0.4, 0.5) is 0 Å². The highest BCUT2D eigenvalue weighted by Crippen LogP contribution is 2.27. The summed E-state index contributed by atoms with van der Waals surface area (Å²) in [6, 6.07) is 8.32. The first-order valence-electron chi connectivity index (χ1n) is 8.42. The maximum Gasteiger partial charge on any atom is 0.226 e. The molecular formula is C19H26INO3. The lowest BCUT2D eigenvalue weighted by atomic mass is 9.96. The number of amides is 1. The second kappa shape index (κ2) is 9.53. The highest BCUT2D eigenvalue weighted by Gasteiger charge is 2.27. The fraction of sp³-hybridized carbons (Fsp3) is 0.526. The number of carbonyl (C=O) groups is 1. The molecule has 132 valence electrons. The zero-order valence-corrected chi connectivity index (χ0v) is 16.5. The number of halogens is 1. The minimum absolute atomic E-state index is 0.00170. The van der Waals surface area contributed by atoms with E-state index >= 15 is 0 Å². The summed E-state index contributed by atoms with van der Waals surface area (Å²) in [4.78, 5) is 14.1. The monoisotopic (exact) mass is 443 g/mol. The fourth-order valence-electron chi connectivity index (χ4n) is 3.26. The summed E-state index contributed by atoms with van der Waals surface area (Å²) in [5.74, 6) is 0.272. The van der Waals surface area contributed by atoms with Crippen LogP contribution >= 0.6 is 22.6 Å². The molecular weight excluding hydrogens is 417 g/mol. The van der Waals surface area contributed by atoms with E-state index in [2.05, 4.69) is 53.8 Å². The van der Waals surface area contributed by atoms with Crippen LogP contribution in [-0.2, 0) is 9.53 Å². The average Bonchev–Trinajstić information content (AvgIpc) is 3.06. The Hall–Kier alpha value is -0.920. The van der Waals surface area contributed by atoms with Gasteiger partial charge in [0.25, 0.3) is 0 Å². The zero-order chi connectivity index (χ0) is 17.5. The van der Waals surface area contributed by atoms with Gasteiger partial charge in [-0.3, -0.25) is 4.79 Å². The second-order valence-corrected chi connectivity index (χ2v) is 7.51. The van der Waals surface area contributed by atoms with Crippen molar-refractivity contribution in [1.82, 2.24) is 4.90 Å². The molecule has 1 aromatic carbocycles. The van der Waals surface area contributed by atoms with Gasteiger partial charge in [0.05, 0.1) is 18.8 Å². The van der Waals surface area contributed by atoms with Crippen LogP contribution in [0.25, 0.3) is 0 Å². The van der Waals surface area contributed by atoms with Crippen molar-refractivity contribution in [3.63, 3.8) is 0 Å². The molecule has 0 radical (unpaired) electrons.